The summed E-state index contributed by atoms with van der Waals surface area (Å²) in [7, 11) is 0. The fourth-order valence-corrected chi connectivity index (χ4v) is 2.55. The number of ether oxygens (including phenoxy) is 1. The summed E-state index contributed by atoms with van der Waals surface area (Å²) in [6.07, 6.45) is 3.58. The third-order valence-electron chi connectivity index (χ3n) is 4.55. The Balaban J connectivity index is 1.53. The number of nitrogens with one attached hydrogen (secondary N) is 2. The maximum absolute atomic E-state index is 12.3. The van der Waals surface area contributed by atoms with Crippen LogP contribution in [-0.2, 0) is 11.4 Å². The van der Waals surface area contributed by atoms with Crippen molar-refractivity contribution in [3.05, 3.63) is 60.2 Å². The molecule has 0 atom stereocenters. The smallest absolute Gasteiger partial charge is 0.309 e. The number of hydrogen-bond donors (Lipinski definition) is 3. The molecule has 1 amide bonds. The lowest BCUT2D eigenvalue weighted by molar-refractivity contribution is -0.147. The molecule has 3 aromatic rings. The fraction of sp³-hybridized carbons (Fsp3) is 0.286. The number of carboxylic acid groups (broad SMARTS) is 1. The van der Waals surface area contributed by atoms with Gasteiger partial charge in [0.2, 0.25) is 0 Å². The summed E-state index contributed by atoms with van der Waals surface area (Å²) in [6, 6.07) is 10.5. The average molecular weight is 409 g/mol. The highest BCUT2D eigenvalue weighted by atomic mass is 16.5. The van der Waals surface area contributed by atoms with Crippen molar-refractivity contribution in [2.45, 2.75) is 26.9 Å². The van der Waals surface area contributed by atoms with E-state index in [1.807, 2.05) is 12.1 Å². The normalized spacial score (nSPS) is 11.1. The van der Waals surface area contributed by atoms with Gasteiger partial charge in [-0.1, -0.05) is 6.07 Å². The molecule has 9 heteroatoms. The summed E-state index contributed by atoms with van der Waals surface area (Å²) in [5.74, 6) is -0.685. The molecule has 0 aliphatic rings. The molecule has 0 fully saturated rings. The predicted molar refractivity (Wildman–Crippen MR) is 109 cm³/mol. The SMILES string of the molecule is CC(C)(CCNC(=O)c1cccc(COc2ccc(-c3ccn[nH]3)nc2)n1)C(=O)O. The van der Waals surface area contributed by atoms with E-state index < -0.39 is 11.4 Å². The number of rotatable bonds is 9. The molecule has 3 rings (SSSR count). The zero-order valence-electron chi connectivity index (χ0n) is 16.8. The van der Waals surface area contributed by atoms with Gasteiger partial charge >= 0.3 is 5.97 Å². The molecule has 9 nitrogen and oxygen atoms in total. The van der Waals surface area contributed by atoms with Crippen LogP contribution in [0.15, 0.2) is 48.8 Å². The summed E-state index contributed by atoms with van der Waals surface area (Å²) in [5.41, 5.74) is 1.50. The first-order valence-electron chi connectivity index (χ1n) is 9.41. The molecule has 0 aliphatic heterocycles. The van der Waals surface area contributed by atoms with E-state index >= 15 is 0 Å². The van der Waals surface area contributed by atoms with Crippen LogP contribution in [0.25, 0.3) is 11.4 Å². The third-order valence-corrected chi connectivity index (χ3v) is 4.55. The Morgan fingerprint density at radius 3 is 2.70 bits per heavy atom. The number of aromatic nitrogens is 4. The largest absolute Gasteiger partial charge is 0.486 e. The van der Waals surface area contributed by atoms with E-state index in [0.29, 0.717) is 17.9 Å². The van der Waals surface area contributed by atoms with Gasteiger partial charge in [0.25, 0.3) is 5.91 Å². The summed E-state index contributed by atoms with van der Waals surface area (Å²) in [6.45, 7) is 3.66. The third kappa shape index (κ3) is 5.40. The van der Waals surface area contributed by atoms with Crippen LogP contribution in [-0.4, -0.2) is 43.7 Å². The van der Waals surface area contributed by atoms with E-state index in [9.17, 15) is 9.59 Å². The lowest BCUT2D eigenvalue weighted by atomic mass is 9.90. The fourth-order valence-electron chi connectivity index (χ4n) is 2.55. The van der Waals surface area contributed by atoms with Crippen molar-refractivity contribution in [2.24, 2.45) is 5.41 Å². The van der Waals surface area contributed by atoms with Gasteiger partial charge in [0.1, 0.15) is 18.1 Å². The maximum atomic E-state index is 12.3. The zero-order chi connectivity index (χ0) is 21.6. The van der Waals surface area contributed by atoms with Crippen LogP contribution in [0.5, 0.6) is 5.75 Å². The van der Waals surface area contributed by atoms with Crippen LogP contribution in [0, 0.1) is 5.41 Å². The van der Waals surface area contributed by atoms with Gasteiger partial charge in [-0.3, -0.25) is 19.7 Å². The van der Waals surface area contributed by atoms with Gasteiger partial charge in [-0.25, -0.2) is 4.98 Å². The number of pyridine rings is 2. The number of H-pyrrole nitrogens is 1. The Hall–Kier alpha value is -3.75. The van der Waals surface area contributed by atoms with Crippen LogP contribution in [0.2, 0.25) is 0 Å². The number of aromatic amines is 1. The zero-order valence-corrected chi connectivity index (χ0v) is 16.8. The molecule has 0 saturated carbocycles. The van der Waals surface area contributed by atoms with Crippen LogP contribution in [0.1, 0.15) is 36.5 Å². The topological polar surface area (TPSA) is 130 Å². The molecule has 156 valence electrons. The van der Waals surface area contributed by atoms with Gasteiger partial charge in [0.15, 0.2) is 0 Å². The van der Waals surface area contributed by atoms with E-state index in [2.05, 4.69) is 25.5 Å². The minimum atomic E-state index is -0.905. The number of carbonyl (C=O) groups excluding carboxylic acids is 1. The number of carbonyl (C=O) groups is 2. The Labute approximate surface area is 173 Å². The molecule has 0 aromatic carbocycles. The Morgan fingerprint density at radius 1 is 1.20 bits per heavy atom. The van der Waals surface area contributed by atoms with E-state index in [0.717, 1.165) is 11.4 Å². The highest BCUT2D eigenvalue weighted by molar-refractivity contribution is 5.92. The first-order chi connectivity index (χ1) is 14.3. The Morgan fingerprint density at radius 2 is 2.03 bits per heavy atom. The van der Waals surface area contributed by atoms with Gasteiger partial charge < -0.3 is 15.2 Å². The summed E-state index contributed by atoms with van der Waals surface area (Å²) < 4.78 is 5.70. The molecular weight excluding hydrogens is 386 g/mol. The molecule has 30 heavy (non-hydrogen) atoms. The van der Waals surface area contributed by atoms with Crippen LogP contribution >= 0.6 is 0 Å². The van der Waals surface area contributed by atoms with Crippen molar-refractivity contribution in [3.8, 4) is 17.1 Å². The van der Waals surface area contributed by atoms with E-state index in [4.69, 9.17) is 9.84 Å². The molecule has 0 bridgehead atoms. The van der Waals surface area contributed by atoms with Crippen LogP contribution in [0.4, 0.5) is 0 Å². The molecule has 0 radical (unpaired) electrons. The van der Waals surface area contributed by atoms with Gasteiger partial charge in [-0.2, -0.15) is 5.10 Å². The van der Waals surface area contributed by atoms with Crippen molar-refractivity contribution in [3.63, 3.8) is 0 Å². The second-order valence-electron chi connectivity index (χ2n) is 7.35. The molecule has 0 saturated heterocycles. The first kappa shape index (κ1) is 21.0. The van der Waals surface area contributed by atoms with Gasteiger partial charge in [-0.05, 0) is 50.6 Å². The number of nitrogens with zero attached hydrogens (tertiary/aromatic N) is 3. The lowest BCUT2D eigenvalue weighted by Gasteiger charge is -2.18. The standard InChI is InChI=1S/C21H23N5O4/c1-21(2,20(28)29)9-11-22-19(27)18-5-3-4-14(25-18)13-30-15-6-7-16(23-12-15)17-8-10-24-26-17/h3-8,10,12H,9,11,13H2,1-2H3,(H,22,27)(H,24,26)(H,28,29). The molecule has 3 aromatic heterocycles. The molecule has 3 N–H and O–H groups in total. The van der Waals surface area contributed by atoms with E-state index in [1.165, 1.54) is 0 Å². The van der Waals surface area contributed by atoms with Crippen molar-refractivity contribution in [1.29, 1.82) is 0 Å². The highest BCUT2D eigenvalue weighted by Gasteiger charge is 2.26. The van der Waals surface area contributed by atoms with Crippen molar-refractivity contribution in [2.75, 3.05) is 6.54 Å². The van der Waals surface area contributed by atoms with Gasteiger partial charge in [0.05, 0.1) is 28.7 Å². The monoisotopic (exact) mass is 409 g/mol. The second kappa shape index (κ2) is 9.17. The quantitative estimate of drug-likeness (QED) is 0.495. The van der Waals surface area contributed by atoms with Gasteiger partial charge in [0, 0.05) is 12.7 Å². The molecule has 0 spiro atoms. The van der Waals surface area contributed by atoms with E-state index in [-0.39, 0.29) is 24.8 Å². The number of carboxylic acids is 1. The minimum Gasteiger partial charge on any atom is -0.486 e. The Bertz CT molecular complexity index is 1000. The summed E-state index contributed by atoms with van der Waals surface area (Å²) in [5, 5.41) is 18.6. The second-order valence-corrected chi connectivity index (χ2v) is 7.35. The minimum absolute atomic E-state index is 0.179. The van der Waals surface area contributed by atoms with Gasteiger partial charge in [-0.15, -0.1) is 0 Å². The summed E-state index contributed by atoms with van der Waals surface area (Å²) in [4.78, 5) is 32.1. The first-order valence-corrected chi connectivity index (χ1v) is 9.41. The summed E-state index contributed by atoms with van der Waals surface area (Å²) >= 11 is 0. The predicted octanol–water partition coefficient (Wildman–Crippen LogP) is 2.68. The average Bonchev–Trinajstić information content (AvgIpc) is 3.27. The highest BCUT2D eigenvalue weighted by Crippen LogP contribution is 2.19. The Kier molecular flexibility index (Phi) is 6.41. The molecule has 0 aliphatic carbocycles. The number of amides is 1. The number of hydrogen-bond acceptors (Lipinski definition) is 6. The molecule has 0 unspecified atom stereocenters. The molecule has 3 heterocycles. The van der Waals surface area contributed by atoms with Crippen molar-refractivity contribution < 1.29 is 19.4 Å². The van der Waals surface area contributed by atoms with Crippen LogP contribution in [0.3, 0.4) is 0 Å². The van der Waals surface area contributed by atoms with E-state index in [1.54, 1.807) is 50.5 Å². The lowest BCUT2D eigenvalue weighted by Crippen LogP contribution is -2.32. The van der Waals surface area contributed by atoms with Crippen molar-refractivity contribution >= 4 is 11.9 Å². The maximum Gasteiger partial charge on any atom is 0.309 e. The molecular formula is C21H23N5O4. The number of aliphatic carboxylic acids is 1. The van der Waals surface area contributed by atoms with Crippen LogP contribution < -0.4 is 10.1 Å². The van der Waals surface area contributed by atoms with Crippen molar-refractivity contribution in [1.82, 2.24) is 25.5 Å².